The molecule has 1 heterocycles. The third-order valence-corrected chi connectivity index (χ3v) is 5.31. The Morgan fingerprint density at radius 3 is 2.58 bits per heavy atom. The highest BCUT2D eigenvalue weighted by atomic mass is 35.5. The first-order chi connectivity index (χ1) is 14.8. The zero-order valence-corrected chi connectivity index (χ0v) is 18.0. The number of carbonyl (C=O) groups excluding carboxylic acids is 4. The van der Waals surface area contributed by atoms with E-state index < -0.39 is 23.8 Å². The van der Waals surface area contributed by atoms with Gasteiger partial charge in [0.15, 0.2) is 18.1 Å². The molecule has 10 heteroatoms. The Hall–Kier alpha value is -3.07. The maximum absolute atomic E-state index is 12.9. The maximum Gasteiger partial charge on any atom is 0.343 e. The van der Waals surface area contributed by atoms with Gasteiger partial charge in [-0.3, -0.25) is 19.8 Å². The predicted molar refractivity (Wildman–Crippen MR) is 111 cm³/mol. The topological polar surface area (TPSA) is 111 Å². The van der Waals surface area contributed by atoms with E-state index in [-0.39, 0.29) is 41.4 Å². The van der Waals surface area contributed by atoms with Crippen LogP contribution in [-0.4, -0.2) is 55.1 Å². The number of methoxy groups -OCH3 is 1. The van der Waals surface area contributed by atoms with Crippen LogP contribution in [0.4, 0.5) is 4.79 Å². The number of amides is 4. The SMILES string of the molecule is CCOc1cc(/C=C2\C(=O)NC(=O)N(C3CCCC3)C2=O)cc(Cl)c1OCC(=O)OC. The van der Waals surface area contributed by atoms with Crippen LogP contribution in [0.25, 0.3) is 6.08 Å². The van der Waals surface area contributed by atoms with Gasteiger partial charge in [-0.15, -0.1) is 0 Å². The van der Waals surface area contributed by atoms with Gasteiger partial charge in [-0.25, -0.2) is 9.59 Å². The van der Waals surface area contributed by atoms with E-state index in [9.17, 15) is 19.2 Å². The van der Waals surface area contributed by atoms with Crippen LogP contribution in [0.2, 0.25) is 5.02 Å². The Kier molecular flexibility index (Phi) is 7.17. The number of nitrogens with zero attached hydrogens (tertiary/aromatic N) is 1. The summed E-state index contributed by atoms with van der Waals surface area (Å²) in [5, 5.41) is 2.35. The normalized spacial score (nSPS) is 18.4. The second-order valence-electron chi connectivity index (χ2n) is 7.06. The van der Waals surface area contributed by atoms with Gasteiger partial charge in [0.05, 0.1) is 18.7 Å². The molecule has 9 nitrogen and oxygen atoms in total. The van der Waals surface area contributed by atoms with Crippen LogP contribution in [0, 0.1) is 0 Å². The van der Waals surface area contributed by atoms with Crippen molar-refractivity contribution in [3.05, 3.63) is 28.3 Å². The van der Waals surface area contributed by atoms with E-state index in [2.05, 4.69) is 10.1 Å². The Bertz CT molecular complexity index is 938. The molecule has 0 bridgehead atoms. The molecule has 2 aliphatic rings. The maximum atomic E-state index is 12.9. The summed E-state index contributed by atoms with van der Waals surface area (Å²) in [4.78, 5) is 50.1. The van der Waals surface area contributed by atoms with Gasteiger partial charge in [0, 0.05) is 6.04 Å². The lowest BCUT2D eigenvalue weighted by molar-refractivity contribution is -0.143. The van der Waals surface area contributed by atoms with E-state index in [0.29, 0.717) is 18.4 Å². The average Bonchev–Trinajstić information content (AvgIpc) is 3.24. The molecular formula is C21H23ClN2O7. The van der Waals surface area contributed by atoms with E-state index in [1.165, 1.54) is 25.3 Å². The van der Waals surface area contributed by atoms with Crippen molar-refractivity contribution >= 4 is 41.5 Å². The van der Waals surface area contributed by atoms with Gasteiger partial charge in [0.2, 0.25) is 0 Å². The number of hydrogen-bond donors (Lipinski definition) is 1. The molecular weight excluding hydrogens is 428 g/mol. The lowest BCUT2D eigenvalue weighted by Gasteiger charge is -2.31. The van der Waals surface area contributed by atoms with Crippen LogP contribution in [0.3, 0.4) is 0 Å². The minimum Gasteiger partial charge on any atom is -0.490 e. The molecule has 0 unspecified atom stereocenters. The highest BCUT2D eigenvalue weighted by Gasteiger charge is 2.40. The summed E-state index contributed by atoms with van der Waals surface area (Å²) in [5.74, 6) is -1.63. The second kappa shape index (κ2) is 9.82. The molecule has 31 heavy (non-hydrogen) atoms. The minimum absolute atomic E-state index is 0.120. The lowest BCUT2D eigenvalue weighted by atomic mass is 10.0. The predicted octanol–water partition coefficient (Wildman–Crippen LogP) is 2.69. The number of halogens is 1. The molecule has 1 aromatic carbocycles. The van der Waals surface area contributed by atoms with Crippen molar-refractivity contribution in [3.8, 4) is 11.5 Å². The number of carbonyl (C=O) groups is 4. The van der Waals surface area contributed by atoms with Gasteiger partial charge in [-0.1, -0.05) is 24.4 Å². The van der Waals surface area contributed by atoms with Crippen molar-refractivity contribution in [2.24, 2.45) is 0 Å². The van der Waals surface area contributed by atoms with Gasteiger partial charge in [-0.2, -0.15) is 0 Å². The zero-order chi connectivity index (χ0) is 22.5. The number of rotatable bonds is 7. The van der Waals surface area contributed by atoms with E-state index in [1.807, 2.05) is 0 Å². The molecule has 1 N–H and O–H groups in total. The van der Waals surface area contributed by atoms with Gasteiger partial charge >= 0.3 is 12.0 Å². The van der Waals surface area contributed by atoms with E-state index in [1.54, 1.807) is 6.92 Å². The standard InChI is InChI=1S/C21H23ClN2O7/c1-3-30-16-10-12(9-15(22)18(16)31-11-17(25)29-2)8-14-19(26)23-21(28)24(20(14)27)13-6-4-5-7-13/h8-10,13H,3-7,11H2,1-2H3,(H,23,26,28)/b14-8+. The molecule has 1 saturated heterocycles. The molecule has 2 fully saturated rings. The molecule has 0 aromatic heterocycles. The van der Waals surface area contributed by atoms with Crippen molar-refractivity contribution < 1.29 is 33.4 Å². The number of benzene rings is 1. The molecule has 166 valence electrons. The summed E-state index contributed by atoms with van der Waals surface area (Å²) in [6.07, 6.45) is 4.63. The first-order valence-corrected chi connectivity index (χ1v) is 10.3. The summed E-state index contributed by atoms with van der Waals surface area (Å²) in [6.45, 7) is 1.68. The molecule has 1 aliphatic heterocycles. The fourth-order valence-corrected chi connectivity index (χ4v) is 3.87. The highest BCUT2D eigenvalue weighted by molar-refractivity contribution is 6.33. The summed E-state index contributed by atoms with van der Waals surface area (Å²) >= 11 is 6.31. The Balaban J connectivity index is 1.93. The van der Waals surface area contributed by atoms with Gasteiger partial charge in [0.25, 0.3) is 11.8 Å². The third-order valence-electron chi connectivity index (χ3n) is 5.03. The number of nitrogens with one attached hydrogen (secondary N) is 1. The largest absolute Gasteiger partial charge is 0.490 e. The smallest absolute Gasteiger partial charge is 0.343 e. The summed E-state index contributed by atoms with van der Waals surface area (Å²) < 4.78 is 15.5. The van der Waals surface area contributed by atoms with Crippen LogP contribution < -0.4 is 14.8 Å². The zero-order valence-electron chi connectivity index (χ0n) is 17.2. The number of imide groups is 2. The summed E-state index contributed by atoms with van der Waals surface area (Å²) in [6, 6.07) is 2.09. The third kappa shape index (κ3) is 4.99. The van der Waals surface area contributed by atoms with Crippen molar-refractivity contribution in [1.29, 1.82) is 0 Å². The van der Waals surface area contributed by atoms with Crippen LogP contribution in [-0.2, 0) is 19.1 Å². The fraction of sp³-hybridized carbons (Fsp3) is 0.429. The number of hydrogen-bond acceptors (Lipinski definition) is 7. The van der Waals surface area contributed by atoms with Crippen LogP contribution >= 0.6 is 11.6 Å². The number of barbiturate groups is 1. The van der Waals surface area contributed by atoms with Gasteiger partial charge in [0.1, 0.15) is 5.57 Å². The summed E-state index contributed by atoms with van der Waals surface area (Å²) in [5.41, 5.74) is 0.228. The monoisotopic (exact) mass is 450 g/mol. The molecule has 1 aliphatic carbocycles. The van der Waals surface area contributed by atoms with Crippen molar-refractivity contribution in [1.82, 2.24) is 10.2 Å². The molecule has 1 saturated carbocycles. The highest BCUT2D eigenvalue weighted by Crippen LogP contribution is 2.37. The summed E-state index contributed by atoms with van der Waals surface area (Å²) in [7, 11) is 1.23. The van der Waals surface area contributed by atoms with Crippen molar-refractivity contribution in [2.45, 2.75) is 38.6 Å². The van der Waals surface area contributed by atoms with Crippen molar-refractivity contribution in [2.75, 3.05) is 20.3 Å². The fourth-order valence-electron chi connectivity index (χ4n) is 3.60. The quantitative estimate of drug-likeness (QED) is 0.386. The number of esters is 1. The first-order valence-electron chi connectivity index (χ1n) is 9.92. The average molecular weight is 451 g/mol. The molecule has 3 rings (SSSR count). The molecule has 0 spiro atoms. The van der Waals surface area contributed by atoms with Crippen LogP contribution in [0.15, 0.2) is 17.7 Å². The van der Waals surface area contributed by atoms with E-state index in [0.717, 1.165) is 17.7 Å². The molecule has 4 amide bonds. The Morgan fingerprint density at radius 1 is 1.23 bits per heavy atom. The van der Waals surface area contributed by atoms with Gasteiger partial charge in [-0.05, 0) is 43.5 Å². The number of ether oxygens (including phenoxy) is 3. The van der Waals surface area contributed by atoms with E-state index >= 15 is 0 Å². The molecule has 0 atom stereocenters. The molecule has 1 aromatic rings. The van der Waals surface area contributed by atoms with Crippen LogP contribution in [0.5, 0.6) is 11.5 Å². The lowest BCUT2D eigenvalue weighted by Crippen LogP contribution is -2.57. The minimum atomic E-state index is -0.774. The Labute approximate surface area is 184 Å². The van der Waals surface area contributed by atoms with E-state index in [4.69, 9.17) is 21.1 Å². The van der Waals surface area contributed by atoms with Crippen molar-refractivity contribution in [3.63, 3.8) is 0 Å². The van der Waals surface area contributed by atoms with Gasteiger partial charge < -0.3 is 14.2 Å². The second-order valence-corrected chi connectivity index (χ2v) is 7.47. The molecule has 0 radical (unpaired) electrons. The first kappa shape index (κ1) is 22.6. The number of urea groups is 1. The Morgan fingerprint density at radius 2 is 1.94 bits per heavy atom. The van der Waals surface area contributed by atoms with Crippen LogP contribution in [0.1, 0.15) is 38.2 Å².